The van der Waals surface area contributed by atoms with Gasteiger partial charge in [0, 0.05) is 12.7 Å². The van der Waals surface area contributed by atoms with Gasteiger partial charge in [-0.3, -0.25) is 9.59 Å². The van der Waals surface area contributed by atoms with Gasteiger partial charge in [-0.15, -0.1) is 0 Å². The van der Waals surface area contributed by atoms with Crippen molar-refractivity contribution in [2.45, 2.75) is 44.8 Å². The van der Waals surface area contributed by atoms with Crippen LogP contribution in [0.4, 0.5) is 0 Å². The molecule has 2 atom stereocenters. The molecule has 1 aromatic rings. The zero-order valence-corrected chi connectivity index (χ0v) is 11.5. The van der Waals surface area contributed by atoms with Gasteiger partial charge in [-0.05, 0) is 31.4 Å². The van der Waals surface area contributed by atoms with E-state index in [1.807, 2.05) is 13.0 Å². The maximum Gasteiger partial charge on any atom is 0.246 e. The highest BCUT2D eigenvalue weighted by Crippen LogP contribution is 2.28. The van der Waals surface area contributed by atoms with Gasteiger partial charge in [0.05, 0.1) is 12.2 Å². The summed E-state index contributed by atoms with van der Waals surface area (Å²) >= 11 is 0. The molecule has 0 spiro atoms. The lowest BCUT2D eigenvalue weighted by Crippen LogP contribution is -2.62. The van der Waals surface area contributed by atoms with E-state index in [9.17, 15) is 9.59 Å². The summed E-state index contributed by atoms with van der Waals surface area (Å²) < 4.78 is 0. The van der Waals surface area contributed by atoms with Crippen LogP contribution in [0.2, 0.25) is 0 Å². The topological polar surface area (TPSA) is 66.4 Å². The van der Waals surface area contributed by atoms with Crippen LogP contribution >= 0.6 is 0 Å². The summed E-state index contributed by atoms with van der Waals surface area (Å²) in [6, 6.07) is 3.00. The van der Waals surface area contributed by atoms with Gasteiger partial charge >= 0.3 is 0 Å². The van der Waals surface area contributed by atoms with Crippen molar-refractivity contribution in [1.29, 1.82) is 0 Å². The van der Waals surface area contributed by atoms with Gasteiger partial charge < -0.3 is 9.80 Å². The third-order valence-electron chi connectivity index (χ3n) is 4.11. The minimum atomic E-state index is -0.362. The molecule has 2 saturated heterocycles. The number of hydrogen-bond donors (Lipinski definition) is 0. The molecule has 1 aromatic heterocycles. The molecular formula is C14H18N4O2. The molecule has 6 nitrogen and oxygen atoms in total. The Kier molecular flexibility index (Phi) is 3.38. The first-order valence-corrected chi connectivity index (χ1v) is 7.10. The molecule has 0 aliphatic carbocycles. The Morgan fingerprint density at radius 2 is 2.20 bits per heavy atom. The molecule has 0 saturated carbocycles. The van der Waals surface area contributed by atoms with Crippen molar-refractivity contribution in [3.63, 3.8) is 0 Å². The molecule has 2 aliphatic heterocycles. The Balaban J connectivity index is 1.87. The number of nitrogens with zero attached hydrogens (tertiary/aromatic N) is 4. The molecule has 2 fully saturated rings. The molecule has 2 amide bonds. The molecule has 20 heavy (non-hydrogen) atoms. The Hall–Kier alpha value is -1.98. The fraction of sp³-hybridized carbons (Fsp3) is 0.571. The second kappa shape index (κ2) is 5.19. The maximum atomic E-state index is 12.6. The van der Waals surface area contributed by atoms with Crippen LogP contribution in [-0.4, -0.2) is 50.4 Å². The highest BCUT2D eigenvalue weighted by Gasteiger charge is 2.46. The molecule has 6 heteroatoms. The normalized spacial score (nSPS) is 26.1. The second-order valence-electron chi connectivity index (χ2n) is 5.29. The van der Waals surface area contributed by atoms with E-state index in [4.69, 9.17) is 0 Å². The smallest absolute Gasteiger partial charge is 0.246 e. The van der Waals surface area contributed by atoms with Gasteiger partial charge in [0.25, 0.3) is 0 Å². The van der Waals surface area contributed by atoms with Crippen LogP contribution in [0.5, 0.6) is 0 Å². The van der Waals surface area contributed by atoms with Crippen molar-refractivity contribution in [2.24, 2.45) is 0 Å². The van der Waals surface area contributed by atoms with Crippen molar-refractivity contribution >= 4 is 11.8 Å². The van der Waals surface area contributed by atoms with E-state index in [-0.39, 0.29) is 23.9 Å². The molecule has 0 radical (unpaired) electrons. The minimum absolute atomic E-state index is 0.0552. The summed E-state index contributed by atoms with van der Waals surface area (Å²) in [5.41, 5.74) is 0.721. The molecule has 0 bridgehead atoms. The van der Waals surface area contributed by atoms with Gasteiger partial charge in [-0.1, -0.05) is 6.92 Å². The average molecular weight is 274 g/mol. The Bertz CT molecular complexity index is 519. The highest BCUT2D eigenvalue weighted by molar-refractivity contribution is 5.97. The number of fused-ring (bicyclic) bond motifs is 1. The van der Waals surface area contributed by atoms with Gasteiger partial charge in [0.15, 0.2) is 0 Å². The van der Waals surface area contributed by atoms with Crippen LogP contribution < -0.4 is 0 Å². The number of carbonyl (C=O) groups excluding carboxylic acids is 2. The molecule has 2 aliphatic rings. The lowest BCUT2D eigenvalue weighted by Gasteiger charge is -2.41. The van der Waals surface area contributed by atoms with Crippen molar-refractivity contribution < 1.29 is 9.59 Å². The summed E-state index contributed by atoms with van der Waals surface area (Å²) in [6.07, 6.45) is 3.92. The lowest BCUT2D eigenvalue weighted by atomic mass is 10.0. The number of hydrogen-bond acceptors (Lipinski definition) is 4. The number of piperazine rings is 1. The third kappa shape index (κ3) is 2.05. The first-order chi connectivity index (χ1) is 9.72. The predicted molar refractivity (Wildman–Crippen MR) is 71.4 cm³/mol. The lowest BCUT2D eigenvalue weighted by molar-refractivity contribution is -0.160. The molecule has 0 aromatic carbocycles. The van der Waals surface area contributed by atoms with E-state index in [1.165, 1.54) is 0 Å². The number of carbonyl (C=O) groups is 2. The van der Waals surface area contributed by atoms with E-state index in [0.717, 1.165) is 18.5 Å². The molecule has 3 rings (SSSR count). The van der Waals surface area contributed by atoms with Crippen molar-refractivity contribution in [1.82, 2.24) is 20.0 Å². The summed E-state index contributed by atoms with van der Waals surface area (Å²) in [6.45, 7) is 3.02. The summed E-state index contributed by atoms with van der Waals surface area (Å²) in [5.74, 6) is 0.137. The van der Waals surface area contributed by atoms with Crippen LogP contribution in [0.1, 0.15) is 31.9 Å². The largest absolute Gasteiger partial charge is 0.329 e. The molecule has 106 valence electrons. The van der Waals surface area contributed by atoms with E-state index in [0.29, 0.717) is 19.5 Å². The number of rotatable bonds is 3. The third-order valence-corrected chi connectivity index (χ3v) is 4.11. The van der Waals surface area contributed by atoms with Gasteiger partial charge in [-0.2, -0.15) is 10.2 Å². The summed E-state index contributed by atoms with van der Waals surface area (Å²) in [4.78, 5) is 28.5. The zero-order valence-electron chi connectivity index (χ0n) is 11.5. The molecule has 2 unspecified atom stereocenters. The fourth-order valence-electron chi connectivity index (χ4n) is 3.13. The first-order valence-electron chi connectivity index (χ1n) is 7.10. The standard InChI is InChI=1S/C14H18N4O2/c1-2-11-13(19)17-8-4-6-12(17)14(20)18(11)9-10-5-3-7-15-16-10/h3,5,7,11-12H,2,4,6,8-9H2,1H3. The zero-order chi connectivity index (χ0) is 14.1. The predicted octanol–water partition coefficient (Wildman–Crippen LogP) is 0.588. The van der Waals surface area contributed by atoms with Gasteiger partial charge in [-0.25, -0.2) is 0 Å². The minimum Gasteiger partial charge on any atom is -0.329 e. The van der Waals surface area contributed by atoms with Crippen molar-refractivity contribution in [2.75, 3.05) is 6.54 Å². The van der Waals surface area contributed by atoms with Crippen LogP contribution in [0.15, 0.2) is 18.3 Å². The van der Waals surface area contributed by atoms with Crippen LogP contribution in [0, 0.1) is 0 Å². The van der Waals surface area contributed by atoms with Crippen molar-refractivity contribution in [3.8, 4) is 0 Å². The van der Waals surface area contributed by atoms with E-state index < -0.39 is 0 Å². The summed E-state index contributed by atoms with van der Waals surface area (Å²) in [5, 5.41) is 7.85. The van der Waals surface area contributed by atoms with Gasteiger partial charge in [0.1, 0.15) is 12.1 Å². The van der Waals surface area contributed by atoms with Crippen LogP contribution in [-0.2, 0) is 16.1 Å². The Morgan fingerprint density at radius 3 is 2.90 bits per heavy atom. The van der Waals surface area contributed by atoms with Crippen molar-refractivity contribution in [3.05, 3.63) is 24.0 Å². The Labute approximate surface area is 117 Å². The molecule has 0 N–H and O–H groups in total. The highest BCUT2D eigenvalue weighted by atomic mass is 16.2. The quantitative estimate of drug-likeness (QED) is 0.809. The van der Waals surface area contributed by atoms with E-state index in [1.54, 1.807) is 22.1 Å². The van der Waals surface area contributed by atoms with Crippen LogP contribution in [0.3, 0.4) is 0 Å². The Morgan fingerprint density at radius 1 is 1.35 bits per heavy atom. The fourth-order valence-corrected chi connectivity index (χ4v) is 3.13. The number of amides is 2. The average Bonchev–Trinajstić information content (AvgIpc) is 2.96. The number of aromatic nitrogens is 2. The van der Waals surface area contributed by atoms with Crippen LogP contribution in [0.25, 0.3) is 0 Å². The molecular weight excluding hydrogens is 256 g/mol. The second-order valence-corrected chi connectivity index (χ2v) is 5.29. The SMILES string of the molecule is CCC1C(=O)N2CCCC2C(=O)N1Cc1cccnn1. The first kappa shape index (κ1) is 13.0. The van der Waals surface area contributed by atoms with Gasteiger partial charge in [0.2, 0.25) is 11.8 Å². The van der Waals surface area contributed by atoms with E-state index in [2.05, 4.69) is 10.2 Å². The monoisotopic (exact) mass is 274 g/mol. The maximum absolute atomic E-state index is 12.6. The van der Waals surface area contributed by atoms with E-state index >= 15 is 0 Å². The summed E-state index contributed by atoms with van der Waals surface area (Å²) in [7, 11) is 0. The molecule has 3 heterocycles.